The van der Waals surface area contributed by atoms with Crippen molar-refractivity contribution in [1.29, 1.82) is 0 Å². The number of benzene rings is 2. The lowest BCUT2D eigenvalue weighted by Gasteiger charge is -2.10. The zero-order valence-electron chi connectivity index (χ0n) is 14.7. The summed E-state index contributed by atoms with van der Waals surface area (Å²) in [6.07, 6.45) is 1.81. The second kappa shape index (κ2) is 7.35. The molecule has 4 nitrogen and oxygen atoms in total. The molecule has 0 unspecified atom stereocenters. The molecule has 136 valence electrons. The number of nitrogens with one attached hydrogen (secondary N) is 1. The van der Waals surface area contributed by atoms with Crippen LogP contribution in [0.4, 0.5) is 5.13 Å². The average Bonchev–Trinajstić information content (AvgIpc) is 3.18. The number of para-hydroxylation sites is 1. The largest absolute Gasteiger partial charge is 0.318 e. The maximum absolute atomic E-state index is 6.17. The van der Waals surface area contributed by atoms with E-state index in [1.165, 1.54) is 0 Å². The van der Waals surface area contributed by atoms with Gasteiger partial charge in [-0.25, -0.2) is 4.98 Å². The third kappa shape index (κ3) is 3.58. The quantitative estimate of drug-likeness (QED) is 0.307. The Morgan fingerprint density at radius 2 is 1.89 bits per heavy atom. The molecule has 0 spiro atoms. The fourth-order valence-corrected chi connectivity index (χ4v) is 4.12. The van der Waals surface area contributed by atoms with Gasteiger partial charge in [-0.2, -0.15) is 5.10 Å². The number of fused-ring (bicyclic) bond motifs is 1. The van der Waals surface area contributed by atoms with Crippen LogP contribution in [0, 0.1) is 13.8 Å². The lowest BCUT2D eigenvalue weighted by molar-refractivity contribution is 0.965. The minimum atomic E-state index is 0.536. The summed E-state index contributed by atoms with van der Waals surface area (Å²) in [7, 11) is 0. The number of hydrogen-bond donors (Lipinski definition) is 1. The number of aromatic nitrogens is 2. The standard InChI is InChI=1S/C20H16Cl2N4S/c1-12-9-14(13(2)26(12)15-7-8-16(21)17(22)10-15)11-23-25-20-24-18-5-3-4-6-19(18)27-20/h3-11H,1-2H3,(H,24,25). The molecule has 0 radical (unpaired) electrons. The molecule has 0 aliphatic rings. The summed E-state index contributed by atoms with van der Waals surface area (Å²) >= 11 is 13.8. The van der Waals surface area contributed by atoms with Crippen molar-refractivity contribution in [2.24, 2.45) is 5.10 Å². The number of aryl methyl sites for hydroxylation is 1. The second-order valence-electron chi connectivity index (χ2n) is 6.12. The van der Waals surface area contributed by atoms with Crippen LogP contribution in [-0.2, 0) is 0 Å². The van der Waals surface area contributed by atoms with Crippen LogP contribution in [0.2, 0.25) is 10.0 Å². The van der Waals surface area contributed by atoms with E-state index >= 15 is 0 Å². The van der Waals surface area contributed by atoms with Crippen LogP contribution >= 0.6 is 34.5 Å². The van der Waals surface area contributed by atoms with Gasteiger partial charge in [0.15, 0.2) is 0 Å². The second-order valence-corrected chi connectivity index (χ2v) is 7.96. The van der Waals surface area contributed by atoms with Gasteiger partial charge in [0.2, 0.25) is 5.13 Å². The van der Waals surface area contributed by atoms with Crippen LogP contribution in [0.5, 0.6) is 0 Å². The van der Waals surface area contributed by atoms with Gasteiger partial charge >= 0.3 is 0 Å². The van der Waals surface area contributed by atoms with E-state index in [1.54, 1.807) is 17.4 Å². The monoisotopic (exact) mass is 414 g/mol. The molecule has 1 N–H and O–H groups in total. The van der Waals surface area contributed by atoms with Gasteiger partial charge in [-0.3, -0.25) is 5.43 Å². The van der Waals surface area contributed by atoms with E-state index in [2.05, 4.69) is 33.1 Å². The van der Waals surface area contributed by atoms with Gasteiger partial charge in [0.05, 0.1) is 26.5 Å². The predicted molar refractivity (Wildman–Crippen MR) is 116 cm³/mol. The van der Waals surface area contributed by atoms with Crippen LogP contribution in [-0.4, -0.2) is 15.8 Å². The SMILES string of the molecule is Cc1cc(C=NNc2nc3ccccc3s2)c(C)n1-c1ccc(Cl)c(Cl)c1. The molecular weight excluding hydrogens is 399 g/mol. The molecule has 0 aliphatic heterocycles. The first-order valence-electron chi connectivity index (χ1n) is 8.32. The highest BCUT2D eigenvalue weighted by Gasteiger charge is 2.11. The Kier molecular flexibility index (Phi) is 4.91. The van der Waals surface area contributed by atoms with Gasteiger partial charge in [0.25, 0.3) is 0 Å². The van der Waals surface area contributed by atoms with E-state index in [0.717, 1.165) is 38.0 Å². The molecule has 0 atom stereocenters. The summed E-state index contributed by atoms with van der Waals surface area (Å²) in [4.78, 5) is 4.52. The first-order valence-corrected chi connectivity index (χ1v) is 9.89. The third-order valence-electron chi connectivity index (χ3n) is 4.29. The minimum absolute atomic E-state index is 0.536. The summed E-state index contributed by atoms with van der Waals surface area (Å²) in [5.74, 6) is 0. The van der Waals surface area contributed by atoms with Crippen molar-refractivity contribution in [2.75, 3.05) is 5.43 Å². The predicted octanol–water partition coefficient (Wildman–Crippen LogP) is 6.46. The molecule has 27 heavy (non-hydrogen) atoms. The molecule has 2 aromatic carbocycles. The zero-order valence-corrected chi connectivity index (χ0v) is 17.0. The van der Waals surface area contributed by atoms with Gasteiger partial charge < -0.3 is 4.57 Å². The van der Waals surface area contributed by atoms with Crippen LogP contribution in [0.3, 0.4) is 0 Å². The molecule has 4 rings (SSSR count). The molecule has 0 bridgehead atoms. The normalized spacial score (nSPS) is 11.6. The molecular formula is C20H16Cl2N4S. The maximum atomic E-state index is 6.17. The highest BCUT2D eigenvalue weighted by molar-refractivity contribution is 7.22. The molecule has 0 saturated heterocycles. The van der Waals surface area contributed by atoms with Crippen molar-refractivity contribution < 1.29 is 0 Å². The van der Waals surface area contributed by atoms with Crippen molar-refractivity contribution in [1.82, 2.24) is 9.55 Å². The molecule has 2 aromatic heterocycles. The highest BCUT2D eigenvalue weighted by atomic mass is 35.5. The topological polar surface area (TPSA) is 42.2 Å². The van der Waals surface area contributed by atoms with Gasteiger partial charge in [0, 0.05) is 22.6 Å². The van der Waals surface area contributed by atoms with Crippen molar-refractivity contribution in [2.45, 2.75) is 13.8 Å². The van der Waals surface area contributed by atoms with E-state index in [0.29, 0.717) is 10.0 Å². The Bertz CT molecular complexity index is 1130. The van der Waals surface area contributed by atoms with E-state index < -0.39 is 0 Å². The Labute approximate surface area is 171 Å². The third-order valence-corrected chi connectivity index (χ3v) is 5.97. The first-order chi connectivity index (χ1) is 13.0. The van der Waals surface area contributed by atoms with Crippen molar-refractivity contribution in [3.8, 4) is 5.69 Å². The number of hydrogen-bond acceptors (Lipinski definition) is 4. The summed E-state index contributed by atoms with van der Waals surface area (Å²) in [6.45, 7) is 4.10. The molecule has 0 saturated carbocycles. The summed E-state index contributed by atoms with van der Waals surface area (Å²) < 4.78 is 3.26. The van der Waals surface area contributed by atoms with Gasteiger partial charge in [0.1, 0.15) is 0 Å². The number of halogens is 2. The van der Waals surface area contributed by atoms with Crippen molar-refractivity contribution in [3.05, 3.63) is 75.5 Å². The van der Waals surface area contributed by atoms with E-state index in [-0.39, 0.29) is 0 Å². The molecule has 7 heteroatoms. The van der Waals surface area contributed by atoms with Gasteiger partial charge in [-0.05, 0) is 50.2 Å². The van der Waals surface area contributed by atoms with Crippen molar-refractivity contribution in [3.63, 3.8) is 0 Å². The number of anilines is 1. The molecule has 2 heterocycles. The van der Waals surface area contributed by atoms with Crippen LogP contribution in [0.15, 0.2) is 53.6 Å². The zero-order chi connectivity index (χ0) is 19.0. The van der Waals surface area contributed by atoms with Gasteiger partial charge in [-0.15, -0.1) is 0 Å². The average molecular weight is 415 g/mol. The fraction of sp³-hybridized carbons (Fsp3) is 0.100. The minimum Gasteiger partial charge on any atom is -0.318 e. The van der Waals surface area contributed by atoms with Crippen molar-refractivity contribution >= 4 is 56.1 Å². The smallest absolute Gasteiger partial charge is 0.204 e. The number of hydrazone groups is 1. The Balaban J connectivity index is 1.59. The lowest BCUT2D eigenvalue weighted by atomic mass is 10.2. The summed E-state index contributed by atoms with van der Waals surface area (Å²) in [5, 5.41) is 6.21. The van der Waals surface area contributed by atoms with Crippen LogP contribution in [0.1, 0.15) is 17.0 Å². The molecule has 4 aromatic rings. The number of thiazole rings is 1. The number of rotatable bonds is 4. The first kappa shape index (κ1) is 18.0. The summed E-state index contributed by atoms with van der Waals surface area (Å²) in [6, 6.07) is 15.7. The van der Waals surface area contributed by atoms with Crippen LogP contribution in [0.25, 0.3) is 15.9 Å². The Morgan fingerprint density at radius 3 is 2.67 bits per heavy atom. The van der Waals surface area contributed by atoms with Gasteiger partial charge in [-0.1, -0.05) is 46.7 Å². The molecule has 0 fully saturated rings. The Hall–Kier alpha value is -2.34. The summed E-state index contributed by atoms with van der Waals surface area (Å²) in [5.41, 5.74) is 8.15. The lowest BCUT2D eigenvalue weighted by Crippen LogP contribution is -2.00. The molecule has 0 aliphatic carbocycles. The van der Waals surface area contributed by atoms with E-state index in [1.807, 2.05) is 49.5 Å². The van der Waals surface area contributed by atoms with E-state index in [9.17, 15) is 0 Å². The van der Waals surface area contributed by atoms with Crippen LogP contribution < -0.4 is 5.43 Å². The maximum Gasteiger partial charge on any atom is 0.204 e. The Morgan fingerprint density at radius 1 is 1.07 bits per heavy atom. The molecule has 0 amide bonds. The highest BCUT2D eigenvalue weighted by Crippen LogP contribution is 2.28. The fourth-order valence-electron chi connectivity index (χ4n) is 3.02. The number of nitrogens with zero attached hydrogens (tertiary/aromatic N) is 3. The van der Waals surface area contributed by atoms with E-state index in [4.69, 9.17) is 23.2 Å².